The maximum Gasteiger partial charge on any atom is 0.258 e. The highest BCUT2D eigenvalue weighted by Gasteiger charge is 2.18. The molecule has 0 radical (unpaired) electrons. The van der Waals surface area contributed by atoms with Crippen molar-refractivity contribution in [2.45, 2.75) is 26.2 Å². The van der Waals surface area contributed by atoms with E-state index in [9.17, 15) is 4.79 Å². The predicted octanol–water partition coefficient (Wildman–Crippen LogP) is 5.42. The Kier molecular flexibility index (Phi) is 5.42. The van der Waals surface area contributed by atoms with Crippen molar-refractivity contribution >= 4 is 34.8 Å². The molecular weight excluding hydrogens is 360 g/mol. The van der Waals surface area contributed by atoms with Crippen LogP contribution >= 0.6 is 11.6 Å². The number of carbonyl (C=O) groups is 1. The number of carbonyl (C=O) groups excluding carboxylic acids is 1. The molecule has 0 aliphatic carbocycles. The maximum atomic E-state index is 12.3. The highest BCUT2D eigenvalue weighted by atomic mass is 35.5. The zero-order valence-electron chi connectivity index (χ0n) is 15.5. The van der Waals surface area contributed by atoms with Gasteiger partial charge in [0.2, 0.25) is 5.95 Å². The lowest BCUT2D eigenvalue weighted by molar-refractivity contribution is 0.102. The van der Waals surface area contributed by atoms with Crippen LogP contribution in [0.1, 0.15) is 36.7 Å². The number of nitrogens with one attached hydrogen (secondary N) is 2. The summed E-state index contributed by atoms with van der Waals surface area (Å²) in [4.78, 5) is 20.9. The molecule has 0 aliphatic rings. The van der Waals surface area contributed by atoms with Crippen LogP contribution in [0.15, 0.2) is 60.9 Å². The van der Waals surface area contributed by atoms with Crippen LogP contribution in [0.25, 0.3) is 0 Å². The lowest BCUT2D eigenvalue weighted by atomic mass is 9.86. The number of hydrogen-bond acceptors (Lipinski definition) is 4. The Labute approximate surface area is 163 Å². The first-order valence-electron chi connectivity index (χ1n) is 8.58. The summed E-state index contributed by atoms with van der Waals surface area (Å²) in [6.45, 7) is 6.45. The molecule has 27 heavy (non-hydrogen) atoms. The van der Waals surface area contributed by atoms with Crippen molar-refractivity contribution in [2.24, 2.45) is 0 Å². The fraction of sp³-hybridized carbons (Fsp3) is 0.190. The molecule has 2 N–H and O–H groups in total. The smallest absolute Gasteiger partial charge is 0.258 e. The van der Waals surface area contributed by atoms with Gasteiger partial charge in [-0.3, -0.25) is 4.79 Å². The third kappa shape index (κ3) is 4.83. The summed E-state index contributed by atoms with van der Waals surface area (Å²) in [7, 11) is 0. The molecule has 1 amide bonds. The van der Waals surface area contributed by atoms with E-state index in [0.29, 0.717) is 22.2 Å². The number of nitrogens with zero attached hydrogens (tertiary/aromatic N) is 2. The van der Waals surface area contributed by atoms with Crippen LogP contribution in [-0.2, 0) is 5.41 Å². The van der Waals surface area contributed by atoms with Gasteiger partial charge in [-0.25, -0.2) is 9.97 Å². The predicted molar refractivity (Wildman–Crippen MR) is 110 cm³/mol. The summed E-state index contributed by atoms with van der Waals surface area (Å²) in [5.41, 5.74) is 3.08. The molecule has 0 unspecified atom stereocenters. The topological polar surface area (TPSA) is 66.9 Å². The van der Waals surface area contributed by atoms with Crippen LogP contribution in [0.3, 0.4) is 0 Å². The van der Waals surface area contributed by atoms with E-state index < -0.39 is 0 Å². The van der Waals surface area contributed by atoms with Gasteiger partial charge in [0.25, 0.3) is 5.91 Å². The monoisotopic (exact) mass is 380 g/mol. The molecule has 3 aromatic rings. The molecule has 138 valence electrons. The van der Waals surface area contributed by atoms with Crippen LogP contribution in [0.2, 0.25) is 5.02 Å². The van der Waals surface area contributed by atoms with E-state index in [0.717, 1.165) is 11.3 Å². The molecule has 2 aromatic carbocycles. The molecule has 6 heteroatoms. The van der Waals surface area contributed by atoms with E-state index >= 15 is 0 Å². The van der Waals surface area contributed by atoms with Gasteiger partial charge in [0.1, 0.15) is 0 Å². The number of aromatic nitrogens is 2. The number of para-hydroxylation sites is 1. The Morgan fingerprint density at radius 1 is 1.00 bits per heavy atom. The highest BCUT2D eigenvalue weighted by Crippen LogP contribution is 2.30. The highest BCUT2D eigenvalue weighted by molar-refractivity contribution is 6.30. The van der Waals surface area contributed by atoms with Crippen molar-refractivity contribution in [3.63, 3.8) is 0 Å². The van der Waals surface area contributed by atoms with Crippen LogP contribution in [0.4, 0.5) is 17.3 Å². The maximum absolute atomic E-state index is 12.3. The van der Waals surface area contributed by atoms with Gasteiger partial charge in [-0.05, 0) is 35.2 Å². The second-order valence-corrected chi connectivity index (χ2v) is 7.62. The third-order valence-corrected chi connectivity index (χ3v) is 4.21. The SMILES string of the molecule is CC(C)(C)c1ccccc1Nc1ncc(C(=O)Nc2cccc(Cl)c2)cn1. The Bertz CT molecular complexity index is 949. The Morgan fingerprint density at radius 2 is 1.70 bits per heavy atom. The Balaban J connectivity index is 1.74. The minimum absolute atomic E-state index is 0.0135. The fourth-order valence-corrected chi connectivity index (χ4v) is 2.84. The van der Waals surface area contributed by atoms with Crippen molar-refractivity contribution in [1.29, 1.82) is 0 Å². The minimum Gasteiger partial charge on any atom is -0.324 e. The first-order valence-corrected chi connectivity index (χ1v) is 8.96. The molecule has 3 rings (SSSR count). The number of anilines is 3. The average molecular weight is 381 g/mol. The minimum atomic E-state index is -0.293. The van der Waals surface area contributed by atoms with Gasteiger partial charge in [-0.15, -0.1) is 0 Å². The summed E-state index contributed by atoms with van der Waals surface area (Å²) in [5.74, 6) is 0.143. The molecule has 0 fully saturated rings. The summed E-state index contributed by atoms with van der Waals surface area (Å²) in [5, 5.41) is 6.56. The zero-order chi connectivity index (χ0) is 19.4. The lowest BCUT2D eigenvalue weighted by Gasteiger charge is -2.22. The van der Waals surface area contributed by atoms with Gasteiger partial charge < -0.3 is 10.6 Å². The zero-order valence-corrected chi connectivity index (χ0v) is 16.2. The van der Waals surface area contributed by atoms with Gasteiger partial charge >= 0.3 is 0 Å². The number of amides is 1. The quantitative estimate of drug-likeness (QED) is 0.633. The number of benzene rings is 2. The number of halogens is 1. The molecule has 0 spiro atoms. The van der Waals surface area contributed by atoms with Gasteiger partial charge in [0.05, 0.1) is 5.56 Å². The average Bonchev–Trinajstić information content (AvgIpc) is 2.62. The van der Waals surface area contributed by atoms with E-state index in [1.807, 2.05) is 18.2 Å². The fourth-order valence-electron chi connectivity index (χ4n) is 2.65. The van der Waals surface area contributed by atoms with Crippen molar-refractivity contribution in [1.82, 2.24) is 9.97 Å². The third-order valence-electron chi connectivity index (χ3n) is 3.98. The standard InChI is InChI=1S/C21H21ClN4O/c1-21(2,3)17-9-4-5-10-18(17)26-20-23-12-14(13-24-20)19(27)25-16-8-6-7-15(22)11-16/h4-13H,1-3H3,(H,25,27)(H,23,24,26). The second kappa shape index (κ2) is 7.76. The largest absolute Gasteiger partial charge is 0.324 e. The van der Waals surface area contributed by atoms with E-state index in [2.05, 4.69) is 47.4 Å². The molecule has 0 saturated heterocycles. The Hall–Kier alpha value is -2.92. The molecule has 0 aliphatic heterocycles. The number of rotatable bonds is 4. The summed E-state index contributed by atoms with van der Waals surface area (Å²) >= 11 is 5.93. The van der Waals surface area contributed by atoms with Crippen molar-refractivity contribution in [3.05, 3.63) is 77.1 Å². The molecule has 0 atom stereocenters. The molecule has 0 bridgehead atoms. The first kappa shape index (κ1) is 18.9. The van der Waals surface area contributed by atoms with Crippen LogP contribution in [0, 0.1) is 0 Å². The summed E-state index contributed by atoms with van der Waals surface area (Å²) in [6.07, 6.45) is 2.99. The van der Waals surface area contributed by atoms with Crippen LogP contribution in [0.5, 0.6) is 0 Å². The van der Waals surface area contributed by atoms with E-state index in [-0.39, 0.29) is 11.3 Å². The first-order chi connectivity index (χ1) is 12.8. The molecule has 5 nitrogen and oxygen atoms in total. The summed E-state index contributed by atoms with van der Waals surface area (Å²) < 4.78 is 0. The molecule has 1 aromatic heterocycles. The second-order valence-electron chi connectivity index (χ2n) is 7.18. The summed E-state index contributed by atoms with van der Waals surface area (Å²) in [6, 6.07) is 15.0. The van der Waals surface area contributed by atoms with Gasteiger partial charge in [0.15, 0.2) is 0 Å². The van der Waals surface area contributed by atoms with Crippen LogP contribution < -0.4 is 10.6 Å². The molecular formula is C21H21ClN4O. The van der Waals surface area contributed by atoms with Crippen molar-refractivity contribution < 1.29 is 4.79 Å². The Morgan fingerprint density at radius 3 is 2.37 bits per heavy atom. The van der Waals surface area contributed by atoms with E-state index in [1.54, 1.807) is 24.3 Å². The van der Waals surface area contributed by atoms with Crippen molar-refractivity contribution in [3.8, 4) is 0 Å². The molecule has 1 heterocycles. The van der Waals surface area contributed by atoms with Crippen molar-refractivity contribution in [2.75, 3.05) is 10.6 Å². The van der Waals surface area contributed by atoms with Gasteiger partial charge in [-0.1, -0.05) is 56.6 Å². The van der Waals surface area contributed by atoms with Gasteiger partial charge in [-0.2, -0.15) is 0 Å². The van der Waals surface area contributed by atoms with E-state index in [4.69, 9.17) is 11.6 Å². The lowest BCUT2D eigenvalue weighted by Crippen LogP contribution is -2.15. The normalized spacial score (nSPS) is 11.1. The van der Waals surface area contributed by atoms with Crippen LogP contribution in [-0.4, -0.2) is 15.9 Å². The van der Waals surface area contributed by atoms with Gasteiger partial charge in [0, 0.05) is 28.8 Å². The van der Waals surface area contributed by atoms with E-state index in [1.165, 1.54) is 12.4 Å². The number of hydrogen-bond donors (Lipinski definition) is 2. The molecule has 0 saturated carbocycles.